The third kappa shape index (κ3) is 5.50. The largest absolute Gasteiger partial charge is 0.465 e. The minimum atomic E-state index is -1.20. The highest BCUT2D eigenvalue weighted by atomic mass is 19.1. The maximum absolute atomic E-state index is 14.7. The average molecular weight is 457 g/mol. The maximum Gasteiger partial charge on any atom is 0.404 e. The fourth-order valence-corrected chi connectivity index (χ4v) is 3.19. The first-order valence-electron chi connectivity index (χ1n) is 10.1. The Balaban J connectivity index is 1.95. The maximum atomic E-state index is 14.7. The van der Waals surface area contributed by atoms with Gasteiger partial charge in [-0.25, -0.2) is 14.2 Å². The molecular weight excluding hydrogens is 433 g/mol. The number of aryl methyl sites for hydroxylation is 1. The van der Waals surface area contributed by atoms with Gasteiger partial charge in [0.2, 0.25) is 0 Å². The first kappa shape index (κ1) is 23.4. The van der Waals surface area contributed by atoms with Gasteiger partial charge in [-0.1, -0.05) is 6.92 Å². The Labute approximate surface area is 188 Å². The number of hydrogen-bond donors (Lipinski definition) is 5. The summed E-state index contributed by atoms with van der Waals surface area (Å²) in [4.78, 5) is 32.8. The van der Waals surface area contributed by atoms with Crippen LogP contribution in [0, 0.1) is 12.7 Å². The van der Waals surface area contributed by atoms with Crippen molar-refractivity contribution in [2.45, 2.75) is 39.3 Å². The minimum absolute atomic E-state index is 0.00475. The summed E-state index contributed by atoms with van der Waals surface area (Å²) in [7, 11) is 0. The predicted molar refractivity (Wildman–Crippen MR) is 118 cm³/mol. The molecule has 6 N–H and O–H groups in total. The van der Waals surface area contributed by atoms with Gasteiger partial charge < -0.3 is 26.8 Å². The van der Waals surface area contributed by atoms with Gasteiger partial charge in [0.1, 0.15) is 11.5 Å². The molecule has 3 rings (SSSR count). The number of nitrogens with one attached hydrogen (secondary N) is 3. The Morgan fingerprint density at radius 1 is 1.24 bits per heavy atom. The Morgan fingerprint density at radius 2 is 1.94 bits per heavy atom. The lowest BCUT2D eigenvalue weighted by atomic mass is 10.1. The van der Waals surface area contributed by atoms with E-state index in [1.54, 1.807) is 19.9 Å². The van der Waals surface area contributed by atoms with Crippen LogP contribution in [0.15, 0.2) is 30.7 Å². The topological polar surface area (TPSA) is 173 Å². The van der Waals surface area contributed by atoms with E-state index in [9.17, 15) is 14.0 Å². The molecule has 0 bridgehead atoms. The molecule has 0 saturated heterocycles. The fraction of sp³-hybridized carbons (Fsp3) is 0.300. The van der Waals surface area contributed by atoms with Crippen molar-refractivity contribution < 1.29 is 19.1 Å². The Bertz CT molecular complexity index is 1150. The molecule has 0 aliphatic carbocycles. The van der Waals surface area contributed by atoms with Crippen LogP contribution < -0.4 is 21.7 Å². The Morgan fingerprint density at radius 3 is 2.55 bits per heavy atom. The smallest absolute Gasteiger partial charge is 0.404 e. The summed E-state index contributed by atoms with van der Waals surface area (Å²) in [6.07, 6.45) is 3.84. The van der Waals surface area contributed by atoms with E-state index in [0.717, 1.165) is 6.07 Å². The van der Waals surface area contributed by atoms with Gasteiger partial charge in [0.15, 0.2) is 11.6 Å². The van der Waals surface area contributed by atoms with Gasteiger partial charge in [0.05, 0.1) is 35.5 Å². The van der Waals surface area contributed by atoms with E-state index >= 15 is 0 Å². The molecule has 0 aliphatic heterocycles. The second-order valence-electron chi connectivity index (χ2n) is 7.25. The Kier molecular flexibility index (Phi) is 7.00. The third-order valence-electron chi connectivity index (χ3n) is 4.92. The van der Waals surface area contributed by atoms with Crippen molar-refractivity contribution in [1.29, 1.82) is 0 Å². The molecule has 3 aromatic rings. The third-order valence-corrected chi connectivity index (χ3v) is 4.92. The van der Waals surface area contributed by atoms with Gasteiger partial charge >= 0.3 is 6.09 Å². The van der Waals surface area contributed by atoms with Crippen LogP contribution in [0.3, 0.4) is 0 Å². The molecule has 3 heterocycles. The minimum Gasteiger partial charge on any atom is -0.465 e. The van der Waals surface area contributed by atoms with E-state index in [0.29, 0.717) is 23.5 Å². The average Bonchev–Trinajstić information content (AvgIpc) is 3.29. The molecule has 2 amide bonds. The number of carboxylic acid groups (broad SMARTS) is 1. The van der Waals surface area contributed by atoms with Gasteiger partial charge in [-0.2, -0.15) is 10.2 Å². The van der Waals surface area contributed by atoms with E-state index in [-0.39, 0.29) is 17.2 Å². The molecule has 174 valence electrons. The van der Waals surface area contributed by atoms with Gasteiger partial charge in [-0.05, 0) is 32.4 Å². The standard InChI is InChI=1S/C20H24FN9O3/c1-4-15(10(2)26-20(32)33)28-19-14(21)8-13(17(22)31)18(29-19)27-12-7-16(11(3)23-9-12)30-24-5-6-25-30/h5-10,15,26H,4H2,1-3H3,(H2,22,31)(H,32,33)(H2,27,28,29)/t10-,15+/m0/s1. The zero-order valence-electron chi connectivity index (χ0n) is 18.2. The van der Waals surface area contributed by atoms with Crippen molar-refractivity contribution >= 4 is 29.3 Å². The molecule has 0 aromatic carbocycles. The quantitative estimate of drug-likeness (QED) is 0.323. The van der Waals surface area contributed by atoms with Gasteiger partial charge in [0.25, 0.3) is 5.91 Å². The number of pyridine rings is 2. The number of anilines is 3. The first-order chi connectivity index (χ1) is 15.7. The lowest BCUT2D eigenvalue weighted by Gasteiger charge is -2.25. The number of rotatable bonds is 9. The number of carbonyl (C=O) groups excluding carboxylic acids is 1. The number of aromatic nitrogens is 5. The van der Waals surface area contributed by atoms with Crippen molar-refractivity contribution in [3.63, 3.8) is 0 Å². The predicted octanol–water partition coefficient (Wildman–Crippen LogP) is 2.19. The monoisotopic (exact) mass is 457 g/mol. The summed E-state index contributed by atoms with van der Waals surface area (Å²) in [5, 5.41) is 25.3. The summed E-state index contributed by atoms with van der Waals surface area (Å²) in [6.45, 7) is 5.25. The molecule has 2 atom stereocenters. The summed E-state index contributed by atoms with van der Waals surface area (Å²) in [5.74, 6) is -1.84. The molecule has 33 heavy (non-hydrogen) atoms. The van der Waals surface area contributed by atoms with E-state index in [1.165, 1.54) is 23.4 Å². The summed E-state index contributed by atoms with van der Waals surface area (Å²) in [5.41, 5.74) is 6.95. The molecule has 0 aliphatic rings. The number of nitrogens with two attached hydrogens (primary N) is 1. The van der Waals surface area contributed by atoms with E-state index in [4.69, 9.17) is 10.8 Å². The Hall–Kier alpha value is -4.29. The first-order valence-corrected chi connectivity index (χ1v) is 10.1. The number of amides is 2. The van der Waals surface area contributed by atoms with Gasteiger partial charge in [-0.15, -0.1) is 4.80 Å². The van der Waals surface area contributed by atoms with Crippen molar-refractivity contribution in [2.24, 2.45) is 5.73 Å². The highest BCUT2D eigenvalue weighted by Gasteiger charge is 2.22. The van der Waals surface area contributed by atoms with Crippen LogP contribution >= 0.6 is 0 Å². The van der Waals surface area contributed by atoms with Gasteiger partial charge in [-0.3, -0.25) is 9.78 Å². The van der Waals surface area contributed by atoms with E-state index in [2.05, 4.69) is 36.1 Å². The van der Waals surface area contributed by atoms with E-state index in [1.807, 2.05) is 6.92 Å². The van der Waals surface area contributed by atoms with Crippen molar-refractivity contribution in [3.8, 4) is 5.69 Å². The van der Waals surface area contributed by atoms with E-state index < -0.39 is 29.9 Å². The molecule has 0 unspecified atom stereocenters. The van der Waals surface area contributed by atoms with Crippen LogP contribution in [-0.4, -0.2) is 54.2 Å². The second-order valence-corrected chi connectivity index (χ2v) is 7.25. The highest BCUT2D eigenvalue weighted by molar-refractivity contribution is 5.98. The van der Waals surface area contributed by atoms with Crippen LogP contribution in [0.5, 0.6) is 0 Å². The van der Waals surface area contributed by atoms with Crippen LogP contribution in [0.25, 0.3) is 5.69 Å². The molecule has 12 nitrogen and oxygen atoms in total. The van der Waals surface area contributed by atoms with Crippen molar-refractivity contribution in [3.05, 3.63) is 47.8 Å². The lowest BCUT2D eigenvalue weighted by Crippen LogP contribution is -2.44. The fourth-order valence-electron chi connectivity index (χ4n) is 3.19. The number of carbonyl (C=O) groups is 2. The zero-order chi connectivity index (χ0) is 24.1. The van der Waals surface area contributed by atoms with Crippen LogP contribution in [0.4, 0.5) is 26.5 Å². The zero-order valence-corrected chi connectivity index (χ0v) is 18.2. The molecule has 0 saturated carbocycles. The summed E-state index contributed by atoms with van der Waals surface area (Å²) >= 11 is 0. The molecule has 0 spiro atoms. The normalized spacial score (nSPS) is 12.6. The van der Waals surface area contributed by atoms with Gasteiger partial charge in [0, 0.05) is 12.1 Å². The van der Waals surface area contributed by atoms with Crippen molar-refractivity contribution in [1.82, 2.24) is 30.3 Å². The van der Waals surface area contributed by atoms with Crippen LogP contribution in [0.1, 0.15) is 36.3 Å². The molecular formula is C20H24FN9O3. The molecule has 0 radical (unpaired) electrons. The molecule has 13 heteroatoms. The summed E-state index contributed by atoms with van der Waals surface area (Å²) < 4.78 is 14.7. The number of primary amides is 1. The number of halogens is 1. The van der Waals surface area contributed by atoms with Crippen LogP contribution in [0.2, 0.25) is 0 Å². The molecule has 0 fully saturated rings. The molecule has 3 aromatic heterocycles. The SMILES string of the molecule is CC[C@@H](Nc1nc(Nc2cnc(C)c(-n3nccn3)c2)c(C(N)=O)cc1F)[C@H](C)NC(=O)O. The lowest BCUT2D eigenvalue weighted by molar-refractivity contribution is 0.100. The van der Waals surface area contributed by atoms with Crippen LogP contribution in [-0.2, 0) is 0 Å². The number of hydrogen-bond acceptors (Lipinski definition) is 8. The second kappa shape index (κ2) is 9.89. The summed E-state index contributed by atoms with van der Waals surface area (Å²) in [6, 6.07) is 1.67. The highest BCUT2D eigenvalue weighted by Crippen LogP contribution is 2.26. The number of nitrogens with zero attached hydrogens (tertiary/aromatic N) is 5. The van der Waals surface area contributed by atoms with Crippen molar-refractivity contribution in [2.75, 3.05) is 10.6 Å².